The Morgan fingerprint density at radius 3 is 1.04 bits per heavy atom. The maximum atomic E-state index is 13.6. The maximum absolute atomic E-state index is 13.6. The first kappa shape index (κ1) is 69.7. The zero-order valence-electron chi connectivity index (χ0n) is 44.5. The van der Waals surface area contributed by atoms with Crippen molar-refractivity contribution in [2.45, 2.75) is 33.4 Å². The first-order valence-corrected chi connectivity index (χ1v) is 27.9. The molecule has 6 N–H and O–H groups in total. The maximum Gasteiger partial charge on any atom is 1.00 e. The van der Waals surface area contributed by atoms with Crippen LogP contribution in [0.25, 0.3) is 21.5 Å². The van der Waals surface area contributed by atoms with Gasteiger partial charge in [-0.2, -0.15) is 0 Å². The Labute approximate surface area is 556 Å². The van der Waals surface area contributed by atoms with Gasteiger partial charge in [0.05, 0.1) is 42.3 Å². The van der Waals surface area contributed by atoms with Crippen LogP contribution in [0.1, 0.15) is 53.1 Å². The van der Waals surface area contributed by atoms with E-state index in [4.69, 9.17) is 0 Å². The molecule has 0 unspecified atom stereocenters. The van der Waals surface area contributed by atoms with Crippen LogP contribution in [0.5, 0.6) is 0 Å². The van der Waals surface area contributed by atoms with Crippen LogP contribution in [0.3, 0.4) is 0 Å². The molecular weight excluding hydrogens is 1190 g/mol. The topological polar surface area (TPSA) is 396 Å². The number of hydrogen-bond donors (Lipinski definition) is 6. The Kier molecular flexibility index (Phi) is 23.0. The SMILES string of the molecule is Cc1c(NC(=O)c2cccc(NC(=O)Nc3cccc(C(=O)Nc4cc(C(=O)Nc5ccc6c(S(=O)(=O)[O-])cccc6c5S(=O)(=O)[O-])n(C)c4C)c3)c2)cc(C(=O)Nc2ccc3c(S(=O)(=O)[O-])cccc3c2S(=O)(=O)[O-])n1C.[Na+].[Na+].[Na+].[Na+]. The molecular formula is C49H38N8Na4O17S4. The van der Waals surface area contributed by atoms with Gasteiger partial charge in [-0.25, -0.2) is 38.5 Å². The van der Waals surface area contributed by atoms with Crippen LogP contribution in [-0.2, 0) is 54.6 Å². The first-order chi connectivity index (χ1) is 36.4. The number of nitrogens with zero attached hydrogens (tertiary/aromatic N) is 2. The fourth-order valence-electron chi connectivity index (χ4n) is 8.39. The van der Waals surface area contributed by atoms with E-state index in [1.165, 1.54) is 83.9 Å². The average Bonchev–Trinajstić information content (AvgIpc) is 3.88. The molecule has 8 rings (SSSR count). The minimum Gasteiger partial charge on any atom is -0.744 e. The Balaban J connectivity index is 0.00000361. The van der Waals surface area contributed by atoms with Crippen LogP contribution in [-0.4, -0.2) is 90.7 Å². The van der Waals surface area contributed by atoms with Crippen molar-refractivity contribution in [2.24, 2.45) is 14.1 Å². The van der Waals surface area contributed by atoms with Crippen molar-refractivity contribution in [1.82, 2.24) is 9.13 Å². The number of urea groups is 1. The number of nitrogens with one attached hydrogen (secondary N) is 6. The Hall–Kier alpha value is -4.81. The van der Waals surface area contributed by atoms with Crippen LogP contribution < -0.4 is 150 Å². The molecule has 33 heteroatoms. The largest absolute Gasteiger partial charge is 1.00 e. The van der Waals surface area contributed by atoms with Crippen LogP contribution in [0.2, 0.25) is 0 Å². The second kappa shape index (κ2) is 27.1. The number of carbonyl (C=O) groups is 5. The molecule has 0 bridgehead atoms. The van der Waals surface area contributed by atoms with E-state index in [1.807, 2.05) is 0 Å². The van der Waals surface area contributed by atoms with E-state index in [1.54, 1.807) is 13.8 Å². The zero-order valence-corrected chi connectivity index (χ0v) is 55.8. The number of anilines is 6. The smallest absolute Gasteiger partial charge is 0.744 e. The van der Waals surface area contributed by atoms with Crippen molar-refractivity contribution in [3.63, 3.8) is 0 Å². The Morgan fingerprint density at radius 1 is 0.378 bits per heavy atom. The summed E-state index contributed by atoms with van der Waals surface area (Å²) < 4.78 is 148. The summed E-state index contributed by atoms with van der Waals surface area (Å²) in [5.41, 5.74) is 0.0950. The van der Waals surface area contributed by atoms with Gasteiger partial charge in [-0.1, -0.05) is 48.5 Å². The summed E-state index contributed by atoms with van der Waals surface area (Å²) in [6.45, 7) is 3.11. The molecule has 8 aromatic rings. The molecule has 0 aliphatic carbocycles. The molecule has 404 valence electrons. The third-order valence-electron chi connectivity index (χ3n) is 12.3. The van der Waals surface area contributed by atoms with E-state index in [9.17, 15) is 75.9 Å². The summed E-state index contributed by atoms with van der Waals surface area (Å²) in [7, 11) is -18.0. The minimum atomic E-state index is -5.38. The number of fused-ring (bicyclic) bond motifs is 2. The second-order valence-electron chi connectivity index (χ2n) is 17.1. The van der Waals surface area contributed by atoms with E-state index < -0.39 is 112 Å². The number of hydrogen-bond acceptors (Lipinski definition) is 17. The predicted octanol–water partition coefficient (Wildman–Crippen LogP) is -6.43. The van der Waals surface area contributed by atoms with Crippen molar-refractivity contribution in [3.05, 3.63) is 155 Å². The summed E-state index contributed by atoms with van der Waals surface area (Å²) in [6, 6.07) is 23.5. The molecule has 0 saturated heterocycles. The van der Waals surface area contributed by atoms with Gasteiger partial charge in [0, 0.05) is 69.5 Å². The summed E-state index contributed by atoms with van der Waals surface area (Å²) in [5, 5.41) is 13.6. The molecule has 0 spiro atoms. The van der Waals surface area contributed by atoms with Crippen molar-refractivity contribution in [2.75, 3.05) is 31.9 Å². The van der Waals surface area contributed by atoms with E-state index in [2.05, 4.69) is 31.9 Å². The Morgan fingerprint density at radius 2 is 0.707 bits per heavy atom. The normalized spacial score (nSPS) is 11.4. The minimum absolute atomic E-state index is 0. The first-order valence-electron chi connectivity index (χ1n) is 22.2. The van der Waals surface area contributed by atoms with Gasteiger partial charge in [-0.3, -0.25) is 19.2 Å². The van der Waals surface area contributed by atoms with Crippen LogP contribution in [0.15, 0.2) is 141 Å². The molecule has 0 atom stereocenters. The number of amides is 6. The molecule has 6 amide bonds. The monoisotopic (exact) mass is 1230 g/mol. The van der Waals surface area contributed by atoms with Crippen LogP contribution in [0, 0.1) is 13.8 Å². The number of rotatable bonds is 14. The standard InChI is InChI=1S/C49H42N8O17S4.4Na/c1-25-37(23-39(56(25)3)47(60)52-35-19-17-31-33(43(35)77(69,70)71)13-7-15-41(31)75(63,64)65)54-45(58)27-9-5-11-29(21-27)50-49(62)51-30-12-6-10-28(22-30)46(59)55-38-24-40(57(4)26(38)2)48(61)53-36-20-18-32-34(44(36)78(72,73)74)14-8-16-42(32)76(66,67)68;;;;/h5-24H,1-4H3,(H,52,60)(H,53,61)(H,54,58)(H,55,59)(H2,50,51,62)(H,63,64,65)(H,66,67,68)(H,69,70,71)(H,72,73,74);;;;/q;4*+1/p-4. The number of aromatic nitrogens is 2. The fourth-order valence-corrected chi connectivity index (χ4v) is 11.4. The molecule has 2 heterocycles. The third kappa shape index (κ3) is 15.2. The molecule has 25 nitrogen and oxygen atoms in total. The van der Waals surface area contributed by atoms with Gasteiger partial charge in [0.1, 0.15) is 51.9 Å². The van der Waals surface area contributed by atoms with Crippen LogP contribution in [0.4, 0.5) is 38.9 Å². The summed E-state index contributed by atoms with van der Waals surface area (Å²) in [5.74, 6) is -3.25. The molecule has 0 fully saturated rings. The second-order valence-corrected chi connectivity index (χ2v) is 22.5. The van der Waals surface area contributed by atoms with Crippen molar-refractivity contribution < 1.29 is 194 Å². The number of carbonyl (C=O) groups excluding carboxylic acids is 5. The predicted molar refractivity (Wildman–Crippen MR) is 277 cm³/mol. The van der Waals surface area contributed by atoms with Gasteiger partial charge in [-0.05, 0) is 86.6 Å². The molecule has 82 heavy (non-hydrogen) atoms. The third-order valence-corrected chi connectivity index (χ3v) is 15.9. The molecule has 2 aromatic heterocycles. The fraction of sp³-hybridized carbons (Fsp3) is 0.0816. The van der Waals surface area contributed by atoms with E-state index in [0.29, 0.717) is 11.4 Å². The van der Waals surface area contributed by atoms with Gasteiger partial charge < -0.3 is 59.2 Å². The zero-order chi connectivity index (χ0) is 57.0. The molecule has 0 aliphatic rings. The summed E-state index contributed by atoms with van der Waals surface area (Å²) in [6.07, 6.45) is 0. The van der Waals surface area contributed by atoms with E-state index >= 15 is 0 Å². The molecule has 0 radical (unpaired) electrons. The van der Waals surface area contributed by atoms with Crippen molar-refractivity contribution >= 4 is 126 Å². The van der Waals surface area contributed by atoms with Gasteiger partial charge in [0.15, 0.2) is 0 Å². The number of benzene rings is 6. The quantitative estimate of drug-likeness (QED) is 0.0436. The summed E-state index contributed by atoms with van der Waals surface area (Å²) >= 11 is 0. The van der Waals surface area contributed by atoms with Crippen molar-refractivity contribution in [1.29, 1.82) is 0 Å². The van der Waals surface area contributed by atoms with Crippen LogP contribution >= 0.6 is 0 Å². The van der Waals surface area contributed by atoms with Gasteiger partial charge >= 0.3 is 124 Å². The Bertz CT molecular complexity index is 4130. The van der Waals surface area contributed by atoms with Gasteiger partial charge in [0.25, 0.3) is 23.6 Å². The van der Waals surface area contributed by atoms with E-state index in [-0.39, 0.29) is 174 Å². The average molecular weight is 1230 g/mol. The van der Waals surface area contributed by atoms with Crippen molar-refractivity contribution in [3.8, 4) is 0 Å². The van der Waals surface area contributed by atoms with Gasteiger partial charge in [-0.15, -0.1) is 0 Å². The molecule has 0 saturated carbocycles. The molecule has 0 aliphatic heterocycles. The molecule has 6 aromatic carbocycles. The van der Waals surface area contributed by atoms with Gasteiger partial charge in [0.2, 0.25) is 0 Å². The van der Waals surface area contributed by atoms with E-state index in [0.717, 1.165) is 60.7 Å². The summed E-state index contributed by atoms with van der Waals surface area (Å²) in [4.78, 5) is 63.9.